The standard InChI is InChI=1S/C8H7N3O4S3/c1-4-9-10-8(17-4)11-18(14,15)6-2-5(3-16-6)7(12)13/h2-3H,1H3,(H,10,11)(H,12,13). The van der Waals surface area contributed by atoms with Gasteiger partial charge in [0, 0.05) is 5.38 Å². The van der Waals surface area contributed by atoms with Crippen LogP contribution in [0.5, 0.6) is 0 Å². The molecule has 0 unspecified atom stereocenters. The highest BCUT2D eigenvalue weighted by Gasteiger charge is 2.20. The first kappa shape index (κ1) is 12.9. The summed E-state index contributed by atoms with van der Waals surface area (Å²) in [4.78, 5) is 10.7. The van der Waals surface area contributed by atoms with Gasteiger partial charge in [-0.3, -0.25) is 4.72 Å². The van der Waals surface area contributed by atoms with Gasteiger partial charge in [0.15, 0.2) is 0 Å². The molecule has 0 fully saturated rings. The zero-order valence-corrected chi connectivity index (χ0v) is 11.4. The number of nitrogens with one attached hydrogen (secondary N) is 1. The number of nitrogens with zero attached hydrogens (tertiary/aromatic N) is 2. The topological polar surface area (TPSA) is 109 Å². The number of rotatable bonds is 4. The first-order valence-corrected chi connectivity index (χ1v) is 7.71. The van der Waals surface area contributed by atoms with E-state index in [9.17, 15) is 13.2 Å². The van der Waals surface area contributed by atoms with Crippen molar-refractivity contribution in [3.05, 3.63) is 22.0 Å². The van der Waals surface area contributed by atoms with E-state index in [2.05, 4.69) is 14.9 Å². The number of anilines is 1. The van der Waals surface area contributed by atoms with Crippen molar-refractivity contribution >= 4 is 43.8 Å². The summed E-state index contributed by atoms with van der Waals surface area (Å²) >= 11 is 1.93. The van der Waals surface area contributed by atoms with E-state index < -0.39 is 16.0 Å². The van der Waals surface area contributed by atoms with Crippen LogP contribution in [0.4, 0.5) is 5.13 Å². The van der Waals surface area contributed by atoms with E-state index in [1.807, 2.05) is 0 Å². The maximum absolute atomic E-state index is 11.9. The van der Waals surface area contributed by atoms with Crippen LogP contribution in [0, 0.1) is 6.92 Å². The second-order valence-electron chi connectivity index (χ2n) is 3.19. The third kappa shape index (κ3) is 2.66. The number of aromatic nitrogens is 2. The van der Waals surface area contributed by atoms with E-state index in [0.717, 1.165) is 28.7 Å². The van der Waals surface area contributed by atoms with E-state index in [4.69, 9.17) is 5.11 Å². The molecule has 0 amide bonds. The molecule has 2 rings (SSSR count). The quantitative estimate of drug-likeness (QED) is 0.883. The molecular formula is C8H7N3O4S3. The number of hydrogen-bond acceptors (Lipinski definition) is 7. The third-order valence-corrected chi connectivity index (χ3v) is 5.50. The molecule has 0 bridgehead atoms. The molecule has 2 heterocycles. The second kappa shape index (κ2) is 4.63. The Morgan fingerprint density at radius 1 is 1.44 bits per heavy atom. The molecule has 2 aromatic heterocycles. The molecule has 0 radical (unpaired) electrons. The second-order valence-corrected chi connectivity index (χ2v) is 7.19. The molecule has 2 aromatic rings. The molecule has 0 aromatic carbocycles. The molecule has 18 heavy (non-hydrogen) atoms. The van der Waals surface area contributed by atoms with Gasteiger partial charge in [-0.15, -0.1) is 21.5 Å². The lowest BCUT2D eigenvalue weighted by atomic mass is 10.4. The summed E-state index contributed by atoms with van der Waals surface area (Å²) in [6, 6.07) is 1.10. The van der Waals surface area contributed by atoms with Crippen molar-refractivity contribution in [1.82, 2.24) is 10.2 Å². The zero-order chi connectivity index (χ0) is 13.3. The number of carboxylic acids is 1. The lowest BCUT2D eigenvalue weighted by Gasteiger charge is -2.00. The van der Waals surface area contributed by atoms with E-state index in [-0.39, 0.29) is 14.9 Å². The fraction of sp³-hybridized carbons (Fsp3) is 0.125. The van der Waals surface area contributed by atoms with Crippen LogP contribution in [-0.4, -0.2) is 29.7 Å². The Labute approximate surface area is 110 Å². The van der Waals surface area contributed by atoms with Crippen LogP contribution in [0.25, 0.3) is 0 Å². The summed E-state index contributed by atoms with van der Waals surface area (Å²) in [5.74, 6) is -1.17. The molecule has 0 spiro atoms. The van der Waals surface area contributed by atoms with Gasteiger partial charge in [-0.05, 0) is 13.0 Å². The van der Waals surface area contributed by atoms with Crippen molar-refractivity contribution in [3.8, 4) is 0 Å². The van der Waals surface area contributed by atoms with Crippen molar-refractivity contribution in [3.63, 3.8) is 0 Å². The Hall–Kier alpha value is -1.52. The summed E-state index contributed by atoms with van der Waals surface area (Å²) in [5.41, 5.74) is -0.0613. The highest BCUT2D eigenvalue weighted by atomic mass is 32.2. The Kier molecular flexibility index (Phi) is 3.32. The summed E-state index contributed by atoms with van der Waals surface area (Å²) < 4.78 is 26.0. The van der Waals surface area contributed by atoms with Crippen LogP contribution < -0.4 is 4.72 Å². The first-order chi connectivity index (χ1) is 8.38. The normalized spacial score (nSPS) is 11.4. The van der Waals surface area contributed by atoms with E-state index >= 15 is 0 Å². The minimum atomic E-state index is -3.80. The molecule has 0 aliphatic heterocycles. The molecule has 0 aliphatic rings. The number of sulfonamides is 1. The van der Waals surface area contributed by atoms with Gasteiger partial charge >= 0.3 is 5.97 Å². The predicted molar refractivity (Wildman–Crippen MR) is 66.7 cm³/mol. The van der Waals surface area contributed by atoms with Crippen LogP contribution in [0.1, 0.15) is 15.4 Å². The average Bonchev–Trinajstić information content (AvgIpc) is 2.86. The fourth-order valence-electron chi connectivity index (χ4n) is 1.07. The van der Waals surface area contributed by atoms with Gasteiger partial charge in [0.2, 0.25) is 5.13 Å². The Bertz CT molecular complexity index is 688. The average molecular weight is 305 g/mol. The van der Waals surface area contributed by atoms with Gasteiger partial charge < -0.3 is 5.11 Å². The van der Waals surface area contributed by atoms with Crippen molar-refractivity contribution in [2.45, 2.75) is 11.1 Å². The fourth-order valence-corrected chi connectivity index (χ4v) is 4.05. The molecule has 0 saturated carbocycles. The zero-order valence-electron chi connectivity index (χ0n) is 8.95. The van der Waals surface area contributed by atoms with E-state index in [1.165, 1.54) is 5.38 Å². The van der Waals surface area contributed by atoms with Crippen molar-refractivity contribution in [2.24, 2.45) is 0 Å². The minimum absolute atomic E-state index is 0.0613. The van der Waals surface area contributed by atoms with Gasteiger partial charge in [-0.1, -0.05) is 11.3 Å². The number of carbonyl (C=O) groups is 1. The molecule has 0 atom stereocenters. The van der Waals surface area contributed by atoms with E-state index in [0.29, 0.717) is 5.01 Å². The van der Waals surface area contributed by atoms with Crippen LogP contribution in [-0.2, 0) is 10.0 Å². The monoisotopic (exact) mass is 305 g/mol. The molecule has 10 heteroatoms. The van der Waals surface area contributed by atoms with Gasteiger partial charge in [0.1, 0.15) is 9.22 Å². The van der Waals surface area contributed by atoms with Gasteiger partial charge in [-0.2, -0.15) is 0 Å². The van der Waals surface area contributed by atoms with Crippen molar-refractivity contribution in [1.29, 1.82) is 0 Å². The van der Waals surface area contributed by atoms with Crippen molar-refractivity contribution < 1.29 is 18.3 Å². The predicted octanol–water partition coefficient (Wildman–Crippen LogP) is 1.41. The number of aromatic carboxylic acids is 1. The number of thiophene rings is 1. The Morgan fingerprint density at radius 2 is 2.17 bits per heavy atom. The number of carboxylic acid groups (broad SMARTS) is 1. The third-order valence-electron chi connectivity index (χ3n) is 1.83. The van der Waals surface area contributed by atoms with Gasteiger partial charge in [0.05, 0.1) is 5.56 Å². The maximum Gasteiger partial charge on any atom is 0.336 e. The lowest BCUT2D eigenvalue weighted by Crippen LogP contribution is -2.11. The van der Waals surface area contributed by atoms with E-state index in [1.54, 1.807) is 6.92 Å². The van der Waals surface area contributed by atoms with Crippen LogP contribution in [0.15, 0.2) is 15.7 Å². The van der Waals surface area contributed by atoms with Gasteiger partial charge in [0.25, 0.3) is 10.0 Å². The Morgan fingerprint density at radius 3 is 2.67 bits per heavy atom. The summed E-state index contributed by atoms with van der Waals surface area (Å²) in [6.45, 7) is 1.70. The van der Waals surface area contributed by atoms with Crippen LogP contribution in [0.3, 0.4) is 0 Å². The first-order valence-electron chi connectivity index (χ1n) is 4.53. The number of aryl methyl sites for hydroxylation is 1. The summed E-state index contributed by atoms with van der Waals surface area (Å²) in [6.07, 6.45) is 0. The lowest BCUT2D eigenvalue weighted by molar-refractivity contribution is 0.0697. The molecule has 0 aliphatic carbocycles. The molecule has 2 N–H and O–H groups in total. The minimum Gasteiger partial charge on any atom is -0.478 e. The highest BCUT2D eigenvalue weighted by molar-refractivity contribution is 7.94. The van der Waals surface area contributed by atoms with Crippen molar-refractivity contribution in [2.75, 3.05) is 4.72 Å². The molecule has 96 valence electrons. The number of hydrogen-bond donors (Lipinski definition) is 2. The molecule has 0 saturated heterocycles. The Balaban J connectivity index is 2.27. The largest absolute Gasteiger partial charge is 0.478 e. The maximum atomic E-state index is 11.9. The smallest absolute Gasteiger partial charge is 0.336 e. The SMILES string of the molecule is Cc1nnc(NS(=O)(=O)c2cc(C(=O)O)cs2)s1. The summed E-state index contributed by atoms with van der Waals surface area (Å²) in [5, 5.41) is 18.1. The molecule has 7 nitrogen and oxygen atoms in total. The van der Waals surface area contributed by atoms with Crippen LogP contribution >= 0.6 is 22.7 Å². The van der Waals surface area contributed by atoms with Crippen LogP contribution in [0.2, 0.25) is 0 Å². The molecular weight excluding hydrogens is 298 g/mol. The van der Waals surface area contributed by atoms with Gasteiger partial charge in [-0.25, -0.2) is 13.2 Å². The summed E-state index contributed by atoms with van der Waals surface area (Å²) in [7, 11) is -3.80. The highest BCUT2D eigenvalue weighted by Crippen LogP contribution is 2.24.